The minimum absolute atomic E-state index is 0.0730. The molecule has 0 aliphatic heterocycles. The predicted molar refractivity (Wildman–Crippen MR) is 87.4 cm³/mol. The fraction of sp³-hybridized carbons (Fsp3) is 0.400. The molecule has 0 aliphatic rings. The lowest BCUT2D eigenvalue weighted by atomic mass is 10.3. The molecular formula is C15H20ClN5O. The summed E-state index contributed by atoms with van der Waals surface area (Å²) in [7, 11) is 0. The number of carbonyl (C=O) groups is 1. The van der Waals surface area contributed by atoms with E-state index in [-0.39, 0.29) is 12.1 Å². The molecule has 118 valence electrons. The maximum absolute atomic E-state index is 12.0. The van der Waals surface area contributed by atoms with Gasteiger partial charge in [-0.25, -0.2) is 9.78 Å². The van der Waals surface area contributed by atoms with Crippen LogP contribution >= 0.6 is 11.6 Å². The number of carbonyl (C=O) groups excluding carboxylic acids is 1. The average molecular weight is 322 g/mol. The lowest BCUT2D eigenvalue weighted by molar-refractivity contribution is 0.250. The molecule has 6 nitrogen and oxygen atoms in total. The molecule has 2 heterocycles. The van der Waals surface area contributed by atoms with Crippen LogP contribution in [-0.4, -0.2) is 27.3 Å². The van der Waals surface area contributed by atoms with Crippen LogP contribution in [0.1, 0.15) is 30.0 Å². The van der Waals surface area contributed by atoms with Crippen LogP contribution in [0.5, 0.6) is 0 Å². The van der Waals surface area contributed by atoms with E-state index < -0.39 is 0 Å². The second-order valence-corrected chi connectivity index (χ2v) is 5.71. The van der Waals surface area contributed by atoms with Crippen molar-refractivity contribution in [3.8, 4) is 0 Å². The first kappa shape index (κ1) is 16.3. The van der Waals surface area contributed by atoms with Crippen molar-refractivity contribution in [2.75, 3.05) is 11.9 Å². The quantitative estimate of drug-likeness (QED) is 0.849. The third-order valence-electron chi connectivity index (χ3n) is 3.32. The van der Waals surface area contributed by atoms with Gasteiger partial charge in [0.15, 0.2) is 0 Å². The molecule has 1 atom stereocenters. The van der Waals surface area contributed by atoms with Crippen LogP contribution in [0.4, 0.5) is 10.5 Å². The number of halogens is 1. The molecule has 2 N–H and O–H groups in total. The average Bonchev–Trinajstić information content (AvgIpc) is 2.78. The molecule has 0 radical (unpaired) electrons. The summed E-state index contributed by atoms with van der Waals surface area (Å²) < 4.78 is 1.91. The number of aryl methyl sites for hydroxylation is 3. The summed E-state index contributed by atoms with van der Waals surface area (Å²) in [5.74, 6) is 0. The lowest BCUT2D eigenvalue weighted by Gasteiger charge is -2.16. The van der Waals surface area contributed by atoms with Gasteiger partial charge in [-0.05, 0) is 45.9 Å². The number of anilines is 1. The van der Waals surface area contributed by atoms with Gasteiger partial charge in [-0.3, -0.25) is 4.68 Å². The zero-order chi connectivity index (χ0) is 16.3. The monoisotopic (exact) mass is 321 g/mol. The van der Waals surface area contributed by atoms with Gasteiger partial charge < -0.3 is 10.6 Å². The minimum Gasteiger partial charge on any atom is -0.336 e. The van der Waals surface area contributed by atoms with E-state index in [9.17, 15) is 4.79 Å². The Balaban J connectivity index is 1.91. The van der Waals surface area contributed by atoms with Crippen molar-refractivity contribution in [2.24, 2.45) is 0 Å². The van der Waals surface area contributed by atoms with Crippen LogP contribution in [-0.2, 0) is 0 Å². The number of amides is 2. The Kier molecular flexibility index (Phi) is 5.03. The smallest absolute Gasteiger partial charge is 0.319 e. The van der Waals surface area contributed by atoms with Crippen LogP contribution in [0, 0.1) is 20.8 Å². The van der Waals surface area contributed by atoms with Gasteiger partial charge in [0, 0.05) is 12.2 Å². The van der Waals surface area contributed by atoms with E-state index >= 15 is 0 Å². The highest BCUT2D eigenvalue weighted by atomic mass is 35.5. The summed E-state index contributed by atoms with van der Waals surface area (Å²) in [6.45, 7) is 8.23. The summed E-state index contributed by atoms with van der Waals surface area (Å²) in [6, 6.07) is 5.18. The topological polar surface area (TPSA) is 71.8 Å². The Morgan fingerprint density at radius 1 is 1.36 bits per heavy atom. The van der Waals surface area contributed by atoms with Crippen LogP contribution < -0.4 is 10.6 Å². The maximum Gasteiger partial charge on any atom is 0.319 e. The Labute approximate surface area is 134 Å². The van der Waals surface area contributed by atoms with E-state index in [4.69, 9.17) is 11.6 Å². The van der Waals surface area contributed by atoms with E-state index in [1.165, 1.54) is 0 Å². The van der Waals surface area contributed by atoms with Crippen LogP contribution in [0.3, 0.4) is 0 Å². The molecule has 2 aromatic rings. The highest BCUT2D eigenvalue weighted by molar-refractivity contribution is 6.29. The molecule has 0 aliphatic carbocycles. The highest BCUT2D eigenvalue weighted by Crippen LogP contribution is 2.15. The number of hydrogen-bond acceptors (Lipinski definition) is 3. The van der Waals surface area contributed by atoms with Crippen molar-refractivity contribution in [2.45, 2.75) is 33.7 Å². The summed E-state index contributed by atoms with van der Waals surface area (Å²) in [5, 5.41) is 10.4. The number of nitrogens with one attached hydrogen (secondary N) is 2. The van der Waals surface area contributed by atoms with E-state index in [1.54, 1.807) is 19.1 Å². The Morgan fingerprint density at radius 2 is 2.09 bits per heavy atom. The van der Waals surface area contributed by atoms with Crippen LogP contribution in [0.2, 0.25) is 5.15 Å². The molecule has 0 aromatic carbocycles. The molecule has 0 bridgehead atoms. The third kappa shape index (κ3) is 3.98. The van der Waals surface area contributed by atoms with Crippen molar-refractivity contribution < 1.29 is 4.79 Å². The van der Waals surface area contributed by atoms with Crippen LogP contribution in [0.25, 0.3) is 0 Å². The van der Waals surface area contributed by atoms with Crippen molar-refractivity contribution in [3.63, 3.8) is 0 Å². The Bertz CT molecular complexity index is 683. The largest absolute Gasteiger partial charge is 0.336 e. The first-order valence-corrected chi connectivity index (χ1v) is 7.45. The zero-order valence-corrected chi connectivity index (χ0v) is 13.9. The van der Waals surface area contributed by atoms with Crippen molar-refractivity contribution in [1.29, 1.82) is 0 Å². The second kappa shape index (κ2) is 6.79. The predicted octanol–water partition coefficient (Wildman–Crippen LogP) is 3.24. The first-order chi connectivity index (χ1) is 10.4. The molecule has 0 saturated heterocycles. The molecule has 0 unspecified atom stereocenters. The minimum atomic E-state index is -0.277. The number of hydrogen-bond donors (Lipinski definition) is 2. The summed E-state index contributed by atoms with van der Waals surface area (Å²) in [4.78, 5) is 16.1. The Morgan fingerprint density at radius 3 is 2.68 bits per heavy atom. The molecule has 0 fully saturated rings. The number of nitrogens with zero attached hydrogens (tertiary/aromatic N) is 3. The van der Waals surface area contributed by atoms with Crippen molar-refractivity contribution >= 4 is 23.3 Å². The number of urea groups is 1. The second-order valence-electron chi connectivity index (χ2n) is 5.32. The lowest BCUT2D eigenvalue weighted by Crippen LogP contribution is -2.34. The SMILES string of the molecule is Cc1cc(C)n([C@@H](C)CNC(=O)Nc2ccc(Cl)nc2C)n1. The van der Waals surface area contributed by atoms with Gasteiger partial charge in [-0.2, -0.15) is 5.10 Å². The molecular weight excluding hydrogens is 302 g/mol. The molecule has 2 aromatic heterocycles. The molecule has 0 saturated carbocycles. The van der Waals surface area contributed by atoms with Gasteiger partial charge in [-0.15, -0.1) is 0 Å². The molecule has 22 heavy (non-hydrogen) atoms. The van der Waals surface area contributed by atoms with E-state index in [1.807, 2.05) is 31.5 Å². The zero-order valence-electron chi connectivity index (χ0n) is 13.1. The number of rotatable bonds is 4. The van der Waals surface area contributed by atoms with Gasteiger partial charge in [0.1, 0.15) is 5.15 Å². The number of pyridine rings is 1. The van der Waals surface area contributed by atoms with Crippen LogP contribution in [0.15, 0.2) is 18.2 Å². The van der Waals surface area contributed by atoms with E-state index in [2.05, 4.69) is 20.7 Å². The van der Waals surface area contributed by atoms with Gasteiger partial charge in [0.25, 0.3) is 0 Å². The third-order valence-corrected chi connectivity index (χ3v) is 3.53. The maximum atomic E-state index is 12.0. The van der Waals surface area contributed by atoms with E-state index in [0.717, 1.165) is 11.4 Å². The van der Waals surface area contributed by atoms with Crippen molar-refractivity contribution in [3.05, 3.63) is 40.4 Å². The normalized spacial score (nSPS) is 12.0. The fourth-order valence-corrected chi connectivity index (χ4v) is 2.44. The molecule has 2 rings (SSSR count). The standard InChI is InChI=1S/C15H20ClN5O/c1-9-7-10(2)21(20-9)11(3)8-17-15(22)19-13-5-6-14(16)18-12(13)4/h5-7,11H,8H2,1-4H3,(H2,17,19,22)/t11-/m0/s1. The summed E-state index contributed by atoms with van der Waals surface area (Å²) in [5.41, 5.74) is 3.36. The van der Waals surface area contributed by atoms with Gasteiger partial charge >= 0.3 is 6.03 Å². The fourth-order valence-electron chi connectivity index (χ4n) is 2.25. The van der Waals surface area contributed by atoms with Gasteiger partial charge in [-0.1, -0.05) is 11.6 Å². The molecule has 2 amide bonds. The first-order valence-electron chi connectivity index (χ1n) is 7.07. The highest BCUT2D eigenvalue weighted by Gasteiger charge is 2.11. The molecule has 0 spiro atoms. The van der Waals surface area contributed by atoms with Crippen molar-refractivity contribution in [1.82, 2.24) is 20.1 Å². The summed E-state index contributed by atoms with van der Waals surface area (Å²) in [6.07, 6.45) is 0. The van der Waals surface area contributed by atoms with Gasteiger partial charge in [0.2, 0.25) is 0 Å². The van der Waals surface area contributed by atoms with Gasteiger partial charge in [0.05, 0.1) is 23.1 Å². The molecule has 7 heteroatoms. The van der Waals surface area contributed by atoms with E-state index in [0.29, 0.717) is 23.1 Å². The number of aromatic nitrogens is 3. The Hall–Kier alpha value is -2.08. The summed E-state index contributed by atoms with van der Waals surface area (Å²) >= 11 is 5.79.